The van der Waals surface area contributed by atoms with E-state index in [0.717, 1.165) is 50.4 Å². The van der Waals surface area contributed by atoms with E-state index in [1.54, 1.807) is 0 Å². The topological polar surface area (TPSA) is 65.5 Å². The van der Waals surface area contributed by atoms with Crippen molar-refractivity contribution in [1.29, 1.82) is 0 Å². The second kappa shape index (κ2) is 14.8. The summed E-state index contributed by atoms with van der Waals surface area (Å²) in [5.41, 5.74) is 3.07. The molecule has 0 spiro atoms. The van der Waals surface area contributed by atoms with Crippen LogP contribution in [0.5, 0.6) is 0 Å². The standard InChI is InChI=1S/C23H32N4O.HI/c1-3-5-16-25-22(28)21-13-11-20(12-14-21)18-27-23(24-4-2)26-17-15-19-9-7-6-8-10-19;/h6-14H,3-5,15-18H2,1-2H3,(H,25,28)(H2,24,26,27);1H. The zero-order valence-electron chi connectivity index (χ0n) is 17.4. The van der Waals surface area contributed by atoms with Gasteiger partial charge in [-0.2, -0.15) is 0 Å². The largest absolute Gasteiger partial charge is 0.357 e. The van der Waals surface area contributed by atoms with Crippen molar-refractivity contribution in [2.24, 2.45) is 4.99 Å². The van der Waals surface area contributed by atoms with Gasteiger partial charge in [0.2, 0.25) is 0 Å². The highest BCUT2D eigenvalue weighted by Gasteiger charge is 2.04. The number of halogens is 1. The van der Waals surface area contributed by atoms with Crippen molar-refractivity contribution in [3.63, 3.8) is 0 Å². The minimum Gasteiger partial charge on any atom is -0.357 e. The van der Waals surface area contributed by atoms with E-state index < -0.39 is 0 Å². The minimum absolute atomic E-state index is 0. The fourth-order valence-corrected chi connectivity index (χ4v) is 2.72. The second-order valence-corrected chi connectivity index (χ2v) is 6.66. The molecule has 0 saturated heterocycles. The number of nitrogens with one attached hydrogen (secondary N) is 3. The van der Waals surface area contributed by atoms with Crippen LogP contribution in [0, 0.1) is 0 Å². The smallest absolute Gasteiger partial charge is 0.251 e. The van der Waals surface area contributed by atoms with Crippen LogP contribution in [0.4, 0.5) is 0 Å². The van der Waals surface area contributed by atoms with Gasteiger partial charge in [-0.05, 0) is 43.0 Å². The number of unbranched alkanes of at least 4 members (excludes halogenated alkanes) is 1. The van der Waals surface area contributed by atoms with Crippen LogP contribution in [0.2, 0.25) is 0 Å². The van der Waals surface area contributed by atoms with E-state index in [1.165, 1.54) is 5.56 Å². The Kier molecular flexibility index (Phi) is 12.8. The van der Waals surface area contributed by atoms with Gasteiger partial charge in [-0.25, -0.2) is 4.99 Å². The zero-order valence-corrected chi connectivity index (χ0v) is 19.7. The summed E-state index contributed by atoms with van der Waals surface area (Å²) >= 11 is 0. The van der Waals surface area contributed by atoms with Gasteiger partial charge >= 0.3 is 0 Å². The Morgan fingerprint density at radius 1 is 0.862 bits per heavy atom. The molecule has 2 rings (SSSR count). The summed E-state index contributed by atoms with van der Waals surface area (Å²) in [4.78, 5) is 16.7. The Balaban J connectivity index is 0.00000420. The number of nitrogens with zero attached hydrogens (tertiary/aromatic N) is 1. The predicted molar refractivity (Wildman–Crippen MR) is 132 cm³/mol. The summed E-state index contributed by atoms with van der Waals surface area (Å²) in [6.45, 7) is 7.10. The fourth-order valence-electron chi connectivity index (χ4n) is 2.72. The van der Waals surface area contributed by atoms with E-state index in [9.17, 15) is 4.79 Å². The number of benzene rings is 2. The maximum absolute atomic E-state index is 12.1. The average molecular weight is 508 g/mol. The Hall–Kier alpha value is -2.09. The van der Waals surface area contributed by atoms with E-state index in [-0.39, 0.29) is 29.9 Å². The molecular weight excluding hydrogens is 475 g/mol. The lowest BCUT2D eigenvalue weighted by Gasteiger charge is -2.11. The van der Waals surface area contributed by atoms with E-state index in [1.807, 2.05) is 30.3 Å². The molecule has 5 nitrogen and oxygen atoms in total. The molecule has 0 heterocycles. The van der Waals surface area contributed by atoms with Gasteiger partial charge < -0.3 is 16.0 Å². The number of carbonyl (C=O) groups excluding carboxylic acids is 1. The van der Waals surface area contributed by atoms with Crippen LogP contribution >= 0.6 is 24.0 Å². The molecule has 29 heavy (non-hydrogen) atoms. The van der Waals surface area contributed by atoms with Gasteiger partial charge in [0.15, 0.2) is 5.96 Å². The van der Waals surface area contributed by atoms with Gasteiger partial charge in [0.05, 0.1) is 6.54 Å². The molecular formula is C23H33IN4O. The van der Waals surface area contributed by atoms with Crippen LogP contribution < -0.4 is 16.0 Å². The first-order valence-electron chi connectivity index (χ1n) is 10.2. The van der Waals surface area contributed by atoms with Crippen LogP contribution in [0.15, 0.2) is 59.6 Å². The number of guanidine groups is 1. The van der Waals surface area contributed by atoms with Crippen molar-refractivity contribution >= 4 is 35.8 Å². The van der Waals surface area contributed by atoms with Crippen molar-refractivity contribution in [2.45, 2.75) is 39.7 Å². The highest BCUT2D eigenvalue weighted by atomic mass is 127. The van der Waals surface area contributed by atoms with E-state index in [4.69, 9.17) is 0 Å². The molecule has 0 aliphatic rings. The first kappa shape index (κ1) is 24.9. The van der Waals surface area contributed by atoms with Crippen LogP contribution in [0.3, 0.4) is 0 Å². The number of rotatable bonds is 10. The Morgan fingerprint density at radius 2 is 1.59 bits per heavy atom. The SMILES string of the molecule is CCCCNC(=O)c1ccc(CN=C(NCC)NCCc2ccccc2)cc1.I. The van der Waals surface area contributed by atoms with Gasteiger partial charge in [0.1, 0.15) is 0 Å². The molecule has 1 amide bonds. The van der Waals surface area contributed by atoms with Crippen molar-refractivity contribution in [2.75, 3.05) is 19.6 Å². The van der Waals surface area contributed by atoms with Crippen molar-refractivity contribution in [3.05, 3.63) is 71.3 Å². The lowest BCUT2D eigenvalue weighted by Crippen LogP contribution is -2.38. The molecule has 0 aliphatic carbocycles. The van der Waals surface area contributed by atoms with Crippen LogP contribution in [-0.2, 0) is 13.0 Å². The summed E-state index contributed by atoms with van der Waals surface area (Å²) in [7, 11) is 0. The molecule has 0 atom stereocenters. The first-order chi connectivity index (χ1) is 13.7. The lowest BCUT2D eigenvalue weighted by atomic mass is 10.1. The van der Waals surface area contributed by atoms with Crippen molar-refractivity contribution < 1.29 is 4.79 Å². The molecule has 0 bridgehead atoms. The highest BCUT2D eigenvalue weighted by Crippen LogP contribution is 2.06. The summed E-state index contributed by atoms with van der Waals surface area (Å²) in [6, 6.07) is 18.1. The molecule has 0 fully saturated rings. The van der Waals surface area contributed by atoms with Crippen LogP contribution in [-0.4, -0.2) is 31.5 Å². The third-order valence-corrected chi connectivity index (χ3v) is 4.34. The number of amides is 1. The van der Waals surface area contributed by atoms with Gasteiger partial charge in [-0.15, -0.1) is 24.0 Å². The minimum atomic E-state index is -0.0144. The van der Waals surface area contributed by atoms with Gasteiger partial charge in [-0.3, -0.25) is 4.79 Å². The molecule has 3 N–H and O–H groups in total. The normalized spacial score (nSPS) is 10.8. The van der Waals surface area contributed by atoms with E-state index >= 15 is 0 Å². The first-order valence-corrected chi connectivity index (χ1v) is 10.2. The Morgan fingerprint density at radius 3 is 2.24 bits per heavy atom. The van der Waals surface area contributed by atoms with E-state index in [0.29, 0.717) is 12.1 Å². The number of hydrogen-bond donors (Lipinski definition) is 3. The highest BCUT2D eigenvalue weighted by molar-refractivity contribution is 14.0. The monoisotopic (exact) mass is 508 g/mol. The van der Waals surface area contributed by atoms with E-state index in [2.05, 4.69) is 59.1 Å². The molecule has 158 valence electrons. The molecule has 2 aromatic carbocycles. The maximum atomic E-state index is 12.1. The lowest BCUT2D eigenvalue weighted by molar-refractivity contribution is 0.0953. The number of aliphatic imine (C=N–C) groups is 1. The Bertz CT molecular complexity index is 732. The summed E-state index contributed by atoms with van der Waals surface area (Å²) in [6.07, 6.45) is 3.03. The fraction of sp³-hybridized carbons (Fsp3) is 0.391. The van der Waals surface area contributed by atoms with Gasteiger partial charge in [0.25, 0.3) is 5.91 Å². The van der Waals surface area contributed by atoms with Crippen LogP contribution in [0.1, 0.15) is 48.2 Å². The Labute approximate surface area is 191 Å². The molecule has 0 unspecified atom stereocenters. The summed E-state index contributed by atoms with van der Waals surface area (Å²) in [5, 5.41) is 9.58. The van der Waals surface area contributed by atoms with Crippen molar-refractivity contribution in [1.82, 2.24) is 16.0 Å². The molecule has 0 aliphatic heterocycles. The predicted octanol–water partition coefficient (Wildman–Crippen LogP) is 4.13. The number of hydrogen-bond acceptors (Lipinski definition) is 2. The third-order valence-electron chi connectivity index (χ3n) is 4.34. The second-order valence-electron chi connectivity index (χ2n) is 6.66. The number of carbonyl (C=O) groups is 1. The molecule has 0 radical (unpaired) electrons. The third kappa shape index (κ3) is 9.78. The zero-order chi connectivity index (χ0) is 20.0. The quantitative estimate of drug-likeness (QED) is 0.196. The van der Waals surface area contributed by atoms with Crippen molar-refractivity contribution in [3.8, 4) is 0 Å². The molecule has 6 heteroatoms. The average Bonchev–Trinajstić information content (AvgIpc) is 2.73. The van der Waals surface area contributed by atoms with Gasteiger partial charge in [-0.1, -0.05) is 55.8 Å². The summed E-state index contributed by atoms with van der Waals surface area (Å²) in [5.74, 6) is 0.791. The molecule has 0 aromatic heterocycles. The van der Waals surface area contributed by atoms with Crippen LogP contribution in [0.25, 0.3) is 0 Å². The molecule has 2 aromatic rings. The maximum Gasteiger partial charge on any atom is 0.251 e. The van der Waals surface area contributed by atoms with Gasteiger partial charge in [0, 0.05) is 25.2 Å². The summed E-state index contributed by atoms with van der Waals surface area (Å²) < 4.78 is 0. The molecule has 0 saturated carbocycles.